The van der Waals surface area contributed by atoms with E-state index < -0.39 is 0 Å². The number of halogens is 4. The predicted molar refractivity (Wildman–Crippen MR) is 83.7 cm³/mol. The van der Waals surface area contributed by atoms with E-state index in [9.17, 15) is 0 Å². The lowest BCUT2D eigenvalue weighted by molar-refractivity contribution is 1.46. The van der Waals surface area contributed by atoms with Gasteiger partial charge >= 0.3 is 0 Å². The summed E-state index contributed by atoms with van der Waals surface area (Å²) in [6.07, 6.45) is 1.95. The van der Waals surface area contributed by atoms with E-state index in [2.05, 4.69) is 0 Å². The molecule has 0 nitrogen and oxygen atoms in total. The maximum Gasteiger partial charge on any atom is 0.0548 e. The Balaban J connectivity index is 2.64. The minimum absolute atomic E-state index is 0.592. The third kappa shape index (κ3) is 2.92. The van der Waals surface area contributed by atoms with Crippen LogP contribution in [0.1, 0.15) is 0 Å². The van der Waals surface area contributed by atoms with E-state index in [1.54, 1.807) is 30.0 Å². The first-order valence-corrected chi connectivity index (χ1v) is 7.75. The van der Waals surface area contributed by atoms with Crippen LogP contribution in [0.5, 0.6) is 0 Å². The fraction of sp³-hybridized carbons (Fsp3) is 0.0769. The van der Waals surface area contributed by atoms with E-state index in [4.69, 9.17) is 46.4 Å². The van der Waals surface area contributed by atoms with Crippen LogP contribution in [0, 0.1) is 0 Å². The summed E-state index contributed by atoms with van der Waals surface area (Å²) < 4.78 is 0. The van der Waals surface area contributed by atoms with Crippen LogP contribution >= 0.6 is 58.2 Å². The third-order valence-electron chi connectivity index (χ3n) is 2.46. The molecule has 0 amide bonds. The highest BCUT2D eigenvalue weighted by molar-refractivity contribution is 7.98. The molecule has 0 aliphatic carbocycles. The predicted octanol–water partition coefficient (Wildman–Crippen LogP) is 6.69. The van der Waals surface area contributed by atoms with Crippen LogP contribution in [0.2, 0.25) is 20.1 Å². The summed E-state index contributed by atoms with van der Waals surface area (Å²) in [5.41, 5.74) is 1.57. The number of hydrogen-bond donors (Lipinski definition) is 0. The summed E-state index contributed by atoms with van der Waals surface area (Å²) in [6, 6.07) is 8.90. The lowest BCUT2D eigenvalue weighted by atomic mass is 10.1. The third-order valence-corrected chi connectivity index (χ3v) is 4.54. The molecule has 94 valence electrons. The summed E-state index contributed by atoms with van der Waals surface area (Å²) in [6.45, 7) is 0. The lowest BCUT2D eigenvalue weighted by Crippen LogP contribution is -1.84. The summed E-state index contributed by atoms with van der Waals surface area (Å²) >= 11 is 26.1. The minimum Gasteiger partial charge on any atom is -0.128 e. The van der Waals surface area contributed by atoms with Gasteiger partial charge in [-0.1, -0.05) is 46.4 Å². The Morgan fingerprint density at radius 1 is 0.778 bits per heavy atom. The number of thioether (sulfide) groups is 1. The summed E-state index contributed by atoms with van der Waals surface area (Å²) in [5.74, 6) is 0. The number of hydrogen-bond acceptors (Lipinski definition) is 1. The van der Waals surface area contributed by atoms with E-state index in [1.807, 2.05) is 18.4 Å². The highest BCUT2D eigenvalue weighted by Gasteiger charge is 2.12. The van der Waals surface area contributed by atoms with Crippen molar-refractivity contribution >= 4 is 58.2 Å². The molecule has 0 fully saturated rings. The van der Waals surface area contributed by atoms with Crippen LogP contribution in [0.15, 0.2) is 35.2 Å². The molecule has 2 rings (SSSR count). The van der Waals surface area contributed by atoms with Crippen LogP contribution in [-0.2, 0) is 0 Å². The van der Waals surface area contributed by atoms with Crippen LogP contribution in [-0.4, -0.2) is 6.26 Å². The number of benzene rings is 2. The Hall–Kier alpha value is -0.0500. The summed E-state index contributed by atoms with van der Waals surface area (Å²) in [4.78, 5) is 0.934. The fourth-order valence-corrected chi connectivity index (χ4v) is 3.20. The Kier molecular flexibility index (Phi) is 4.74. The SMILES string of the molecule is CSc1cc(Cl)c(-c2cc(Cl)ccc2Cl)cc1Cl. The molecule has 0 saturated heterocycles. The van der Waals surface area contributed by atoms with Gasteiger partial charge in [0.25, 0.3) is 0 Å². The highest BCUT2D eigenvalue weighted by atomic mass is 35.5. The van der Waals surface area contributed by atoms with Gasteiger partial charge in [0.1, 0.15) is 0 Å². The fourth-order valence-electron chi connectivity index (χ4n) is 1.60. The van der Waals surface area contributed by atoms with Gasteiger partial charge in [-0.25, -0.2) is 0 Å². The quantitative estimate of drug-likeness (QED) is 0.550. The first-order valence-electron chi connectivity index (χ1n) is 5.01. The van der Waals surface area contributed by atoms with E-state index in [0.29, 0.717) is 20.1 Å². The maximum atomic E-state index is 6.27. The monoisotopic (exact) mass is 336 g/mol. The molecule has 0 atom stereocenters. The Bertz CT molecular complexity index is 596. The smallest absolute Gasteiger partial charge is 0.0548 e. The number of rotatable bonds is 2. The maximum absolute atomic E-state index is 6.27. The van der Waals surface area contributed by atoms with Crippen molar-refractivity contribution in [3.8, 4) is 11.1 Å². The largest absolute Gasteiger partial charge is 0.128 e. The molecule has 5 heteroatoms. The van der Waals surface area contributed by atoms with Gasteiger partial charge in [0.15, 0.2) is 0 Å². The second kappa shape index (κ2) is 5.94. The van der Waals surface area contributed by atoms with Crippen LogP contribution in [0.4, 0.5) is 0 Å². The van der Waals surface area contributed by atoms with Gasteiger partial charge in [-0.15, -0.1) is 11.8 Å². The van der Waals surface area contributed by atoms with Crippen molar-refractivity contribution in [2.75, 3.05) is 6.26 Å². The molecule has 0 aromatic heterocycles. The van der Waals surface area contributed by atoms with Gasteiger partial charge in [0.2, 0.25) is 0 Å². The molecule has 0 bridgehead atoms. The Labute approximate surface area is 130 Å². The van der Waals surface area contributed by atoms with Crippen molar-refractivity contribution in [2.24, 2.45) is 0 Å². The Morgan fingerprint density at radius 2 is 1.44 bits per heavy atom. The lowest BCUT2D eigenvalue weighted by Gasteiger charge is -2.10. The summed E-state index contributed by atoms with van der Waals surface area (Å²) in [7, 11) is 0. The molecule has 0 heterocycles. The zero-order valence-electron chi connectivity index (χ0n) is 9.31. The van der Waals surface area contributed by atoms with E-state index in [0.717, 1.165) is 16.0 Å². The molecular formula is C13H8Cl4S. The van der Waals surface area contributed by atoms with E-state index in [-0.39, 0.29) is 0 Å². The van der Waals surface area contributed by atoms with Gasteiger partial charge in [-0.3, -0.25) is 0 Å². The van der Waals surface area contributed by atoms with Gasteiger partial charge in [0.05, 0.1) is 5.02 Å². The van der Waals surface area contributed by atoms with Gasteiger partial charge in [0, 0.05) is 31.1 Å². The first kappa shape index (κ1) is 14.4. The van der Waals surface area contributed by atoms with E-state index >= 15 is 0 Å². The van der Waals surface area contributed by atoms with Crippen molar-refractivity contribution in [1.29, 1.82) is 0 Å². The Morgan fingerprint density at radius 3 is 2.11 bits per heavy atom. The normalized spacial score (nSPS) is 10.7. The first-order chi connectivity index (χ1) is 8.52. The topological polar surface area (TPSA) is 0 Å². The van der Waals surface area contributed by atoms with Crippen molar-refractivity contribution in [3.63, 3.8) is 0 Å². The molecule has 0 saturated carbocycles. The molecule has 18 heavy (non-hydrogen) atoms. The van der Waals surface area contributed by atoms with Gasteiger partial charge < -0.3 is 0 Å². The molecule has 0 aliphatic heterocycles. The second-order valence-corrected chi connectivity index (χ2v) is 6.10. The average Bonchev–Trinajstić information content (AvgIpc) is 2.35. The zero-order chi connectivity index (χ0) is 13.3. The average molecular weight is 338 g/mol. The van der Waals surface area contributed by atoms with Crippen molar-refractivity contribution in [2.45, 2.75) is 4.90 Å². The van der Waals surface area contributed by atoms with Crippen molar-refractivity contribution < 1.29 is 0 Å². The van der Waals surface area contributed by atoms with Crippen LogP contribution in [0.3, 0.4) is 0 Å². The molecule has 0 N–H and O–H groups in total. The van der Waals surface area contributed by atoms with Crippen molar-refractivity contribution in [3.05, 3.63) is 50.4 Å². The zero-order valence-corrected chi connectivity index (χ0v) is 13.1. The van der Waals surface area contributed by atoms with Gasteiger partial charge in [-0.2, -0.15) is 0 Å². The molecule has 0 aliphatic rings. The molecule has 0 unspecified atom stereocenters. The molecule has 2 aromatic carbocycles. The second-order valence-electron chi connectivity index (χ2n) is 3.59. The summed E-state index contributed by atoms with van der Waals surface area (Å²) in [5, 5.41) is 2.45. The molecular weight excluding hydrogens is 330 g/mol. The van der Waals surface area contributed by atoms with Crippen LogP contribution < -0.4 is 0 Å². The highest BCUT2D eigenvalue weighted by Crippen LogP contribution is 2.39. The van der Waals surface area contributed by atoms with E-state index in [1.165, 1.54) is 0 Å². The molecule has 0 spiro atoms. The molecule has 0 radical (unpaired) electrons. The van der Waals surface area contributed by atoms with Gasteiger partial charge in [-0.05, 0) is 36.6 Å². The van der Waals surface area contributed by atoms with Crippen LogP contribution in [0.25, 0.3) is 11.1 Å². The minimum atomic E-state index is 0.592. The molecule has 2 aromatic rings. The standard InChI is InChI=1S/C13H8Cl4S/c1-18-13-6-11(16)9(5-12(13)17)8-4-7(14)2-3-10(8)15/h2-6H,1H3. The van der Waals surface area contributed by atoms with Crippen molar-refractivity contribution in [1.82, 2.24) is 0 Å².